The highest BCUT2D eigenvalue weighted by atomic mass is 16.5. The van der Waals surface area contributed by atoms with E-state index in [0.29, 0.717) is 19.7 Å². The highest BCUT2D eigenvalue weighted by molar-refractivity contribution is 5.78. The molecule has 0 bridgehead atoms. The van der Waals surface area contributed by atoms with Crippen LogP contribution in [0, 0.1) is 5.92 Å². The fourth-order valence-corrected chi connectivity index (χ4v) is 1.33. The average Bonchev–Trinajstić information content (AvgIpc) is 2.24. The number of unbranched alkanes of at least 4 members (excludes halogenated alkanes) is 1. The molecule has 0 spiro atoms. The van der Waals surface area contributed by atoms with Gasteiger partial charge < -0.3 is 15.8 Å². The Bertz CT molecular complexity index is 163. The van der Waals surface area contributed by atoms with Crippen molar-refractivity contribution in [3.8, 4) is 0 Å². The Balaban J connectivity index is 3.42. The Morgan fingerprint density at radius 3 is 2.73 bits per heavy atom. The highest BCUT2D eigenvalue weighted by Crippen LogP contribution is 2.06. The molecule has 0 saturated heterocycles. The molecule has 1 atom stereocenters. The zero-order valence-corrected chi connectivity index (χ0v) is 9.92. The van der Waals surface area contributed by atoms with Gasteiger partial charge in [-0.15, -0.1) is 0 Å². The Morgan fingerprint density at radius 2 is 2.13 bits per heavy atom. The van der Waals surface area contributed by atoms with Gasteiger partial charge in [0.25, 0.3) is 0 Å². The van der Waals surface area contributed by atoms with E-state index in [0.717, 1.165) is 25.7 Å². The molecule has 0 aromatic heterocycles. The largest absolute Gasteiger partial charge is 0.385 e. The van der Waals surface area contributed by atoms with Crippen LogP contribution in [0.4, 0.5) is 0 Å². The molecule has 0 aromatic carbocycles. The standard InChI is InChI=1S/C11H24N2O2/c1-10(6-3-4-7-12)11(14)13-8-5-9-15-2/h10H,3-9,12H2,1-2H3,(H,13,14). The van der Waals surface area contributed by atoms with Crippen LogP contribution in [-0.2, 0) is 9.53 Å². The zero-order valence-electron chi connectivity index (χ0n) is 9.92. The van der Waals surface area contributed by atoms with Gasteiger partial charge in [0.2, 0.25) is 5.91 Å². The van der Waals surface area contributed by atoms with Gasteiger partial charge in [-0.3, -0.25) is 4.79 Å². The second-order valence-electron chi connectivity index (χ2n) is 3.82. The topological polar surface area (TPSA) is 64.3 Å². The van der Waals surface area contributed by atoms with Crippen LogP contribution in [0.2, 0.25) is 0 Å². The molecule has 1 unspecified atom stereocenters. The summed E-state index contributed by atoms with van der Waals surface area (Å²) in [5, 5.41) is 2.89. The number of ether oxygens (including phenoxy) is 1. The maximum atomic E-state index is 11.5. The summed E-state index contributed by atoms with van der Waals surface area (Å²) in [6, 6.07) is 0. The summed E-state index contributed by atoms with van der Waals surface area (Å²) < 4.78 is 4.90. The van der Waals surface area contributed by atoms with Gasteiger partial charge in [0.15, 0.2) is 0 Å². The second kappa shape index (κ2) is 9.93. The molecule has 0 radical (unpaired) electrons. The van der Waals surface area contributed by atoms with Crippen molar-refractivity contribution in [3.63, 3.8) is 0 Å². The summed E-state index contributed by atoms with van der Waals surface area (Å²) in [4.78, 5) is 11.5. The molecule has 90 valence electrons. The summed E-state index contributed by atoms with van der Waals surface area (Å²) in [7, 11) is 1.66. The normalized spacial score (nSPS) is 12.5. The molecule has 0 aromatic rings. The van der Waals surface area contributed by atoms with Crippen LogP contribution < -0.4 is 11.1 Å². The third-order valence-electron chi connectivity index (χ3n) is 2.36. The van der Waals surface area contributed by atoms with Crippen LogP contribution in [-0.4, -0.2) is 32.7 Å². The number of nitrogens with two attached hydrogens (primary N) is 1. The van der Waals surface area contributed by atoms with E-state index in [2.05, 4.69) is 5.32 Å². The molecule has 4 nitrogen and oxygen atoms in total. The van der Waals surface area contributed by atoms with E-state index in [-0.39, 0.29) is 11.8 Å². The molecule has 1 amide bonds. The first-order valence-corrected chi connectivity index (χ1v) is 5.69. The molecule has 0 rings (SSSR count). The Morgan fingerprint density at radius 1 is 1.40 bits per heavy atom. The zero-order chi connectivity index (χ0) is 11.5. The number of methoxy groups -OCH3 is 1. The first kappa shape index (κ1) is 14.4. The van der Waals surface area contributed by atoms with Crippen molar-refractivity contribution in [3.05, 3.63) is 0 Å². The Hall–Kier alpha value is -0.610. The lowest BCUT2D eigenvalue weighted by Crippen LogP contribution is -2.30. The van der Waals surface area contributed by atoms with E-state index in [9.17, 15) is 4.79 Å². The maximum Gasteiger partial charge on any atom is 0.222 e. The van der Waals surface area contributed by atoms with Crippen molar-refractivity contribution >= 4 is 5.91 Å². The molecule has 0 aliphatic rings. The molecule has 3 N–H and O–H groups in total. The van der Waals surface area contributed by atoms with E-state index < -0.39 is 0 Å². The van der Waals surface area contributed by atoms with E-state index in [1.807, 2.05) is 6.92 Å². The van der Waals surface area contributed by atoms with Gasteiger partial charge in [0.1, 0.15) is 0 Å². The molecule has 15 heavy (non-hydrogen) atoms. The van der Waals surface area contributed by atoms with Gasteiger partial charge in [-0.1, -0.05) is 13.3 Å². The lowest BCUT2D eigenvalue weighted by molar-refractivity contribution is -0.124. The van der Waals surface area contributed by atoms with E-state index in [4.69, 9.17) is 10.5 Å². The first-order valence-electron chi connectivity index (χ1n) is 5.69. The third kappa shape index (κ3) is 8.39. The third-order valence-corrected chi connectivity index (χ3v) is 2.36. The van der Waals surface area contributed by atoms with Gasteiger partial charge in [-0.05, 0) is 25.8 Å². The summed E-state index contributed by atoms with van der Waals surface area (Å²) in [6.45, 7) is 4.07. The van der Waals surface area contributed by atoms with Crippen LogP contribution >= 0.6 is 0 Å². The minimum absolute atomic E-state index is 0.0964. The predicted molar refractivity (Wildman–Crippen MR) is 61.6 cm³/mol. The quantitative estimate of drug-likeness (QED) is 0.563. The van der Waals surface area contributed by atoms with Crippen molar-refractivity contribution in [2.75, 3.05) is 26.8 Å². The van der Waals surface area contributed by atoms with E-state index in [1.54, 1.807) is 7.11 Å². The van der Waals surface area contributed by atoms with Crippen molar-refractivity contribution in [1.82, 2.24) is 5.32 Å². The fraction of sp³-hybridized carbons (Fsp3) is 0.909. The second-order valence-corrected chi connectivity index (χ2v) is 3.82. The maximum absolute atomic E-state index is 11.5. The minimum atomic E-state index is 0.0964. The molecule has 0 saturated carbocycles. The SMILES string of the molecule is COCCCNC(=O)C(C)CCCCN. The average molecular weight is 216 g/mol. The first-order chi connectivity index (χ1) is 7.22. The highest BCUT2D eigenvalue weighted by Gasteiger charge is 2.10. The number of hydrogen-bond donors (Lipinski definition) is 2. The fourth-order valence-electron chi connectivity index (χ4n) is 1.33. The number of rotatable bonds is 9. The number of amides is 1. The number of carbonyl (C=O) groups is 1. The monoisotopic (exact) mass is 216 g/mol. The van der Waals surface area contributed by atoms with Gasteiger partial charge in [-0.25, -0.2) is 0 Å². The Kier molecular flexibility index (Phi) is 9.52. The van der Waals surface area contributed by atoms with Crippen LogP contribution in [0.25, 0.3) is 0 Å². The molecule has 0 aliphatic carbocycles. The molecule has 0 heterocycles. The van der Waals surface area contributed by atoms with Crippen LogP contribution in [0.15, 0.2) is 0 Å². The summed E-state index contributed by atoms with van der Waals surface area (Å²) in [5.74, 6) is 0.238. The van der Waals surface area contributed by atoms with Crippen molar-refractivity contribution in [2.24, 2.45) is 11.7 Å². The van der Waals surface area contributed by atoms with Crippen LogP contribution in [0.3, 0.4) is 0 Å². The Labute approximate surface area is 92.6 Å². The van der Waals surface area contributed by atoms with Crippen LogP contribution in [0.1, 0.15) is 32.6 Å². The van der Waals surface area contributed by atoms with E-state index in [1.165, 1.54) is 0 Å². The van der Waals surface area contributed by atoms with Gasteiger partial charge in [-0.2, -0.15) is 0 Å². The molecule has 4 heteroatoms. The van der Waals surface area contributed by atoms with Gasteiger partial charge in [0, 0.05) is 26.2 Å². The lowest BCUT2D eigenvalue weighted by Gasteiger charge is -2.11. The molecule has 0 fully saturated rings. The van der Waals surface area contributed by atoms with Crippen molar-refractivity contribution in [1.29, 1.82) is 0 Å². The van der Waals surface area contributed by atoms with Crippen molar-refractivity contribution in [2.45, 2.75) is 32.6 Å². The molecule has 0 aliphatic heterocycles. The summed E-state index contributed by atoms with van der Waals surface area (Å²) in [5.41, 5.74) is 5.39. The lowest BCUT2D eigenvalue weighted by atomic mass is 10.0. The smallest absolute Gasteiger partial charge is 0.222 e. The summed E-state index contributed by atoms with van der Waals surface area (Å²) >= 11 is 0. The minimum Gasteiger partial charge on any atom is -0.385 e. The number of carbonyl (C=O) groups excluding carboxylic acids is 1. The van der Waals surface area contributed by atoms with E-state index >= 15 is 0 Å². The number of hydrogen-bond acceptors (Lipinski definition) is 3. The van der Waals surface area contributed by atoms with Crippen molar-refractivity contribution < 1.29 is 9.53 Å². The molecular formula is C11H24N2O2. The van der Waals surface area contributed by atoms with Gasteiger partial charge >= 0.3 is 0 Å². The number of nitrogens with one attached hydrogen (secondary N) is 1. The summed E-state index contributed by atoms with van der Waals surface area (Å²) in [6.07, 6.45) is 3.83. The van der Waals surface area contributed by atoms with Gasteiger partial charge in [0.05, 0.1) is 0 Å². The molecular weight excluding hydrogens is 192 g/mol. The predicted octanol–water partition coefficient (Wildman–Crippen LogP) is 0.904. The van der Waals surface area contributed by atoms with Crippen LogP contribution in [0.5, 0.6) is 0 Å².